The van der Waals surface area contributed by atoms with Crippen LogP contribution in [0.1, 0.15) is 36.1 Å². The molecule has 5 rings (SSSR count). The van der Waals surface area contributed by atoms with Crippen molar-refractivity contribution in [2.45, 2.75) is 32.4 Å². The van der Waals surface area contributed by atoms with E-state index in [0.717, 1.165) is 55.2 Å². The molecule has 3 aromatic rings. The maximum atomic E-state index is 12.3. The number of nitrogens with one attached hydrogen (secondary N) is 1. The molecular weight excluding hydrogens is 504 g/mol. The zero-order valence-electron chi connectivity index (χ0n) is 21.3. The highest BCUT2D eigenvalue weighted by atomic mass is 35.5. The van der Waals surface area contributed by atoms with Gasteiger partial charge in [-0.2, -0.15) is 5.10 Å². The number of amides is 1. The maximum Gasteiger partial charge on any atom is 0.277 e. The molecule has 1 aromatic heterocycles. The van der Waals surface area contributed by atoms with Crippen molar-refractivity contribution < 1.29 is 14.3 Å². The van der Waals surface area contributed by atoms with Gasteiger partial charge in [0.25, 0.3) is 11.5 Å². The first kappa shape index (κ1) is 26.0. The lowest BCUT2D eigenvalue weighted by atomic mass is 9.83. The predicted molar refractivity (Wildman–Crippen MR) is 147 cm³/mol. The molecule has 1 fully saturated rings. The van der Waals surface area contributed by atoms with E-state index in [9.17, 15) is 9.59 Å². The van der Waals surface area contributed by atoms with Gasteiger partial charge < -0.3 is 14.0 Å². The third kappa shape index (κ3) is 6.26. The molecule has 2 bridgehead atoms. The van der Waals surface area contributed by atoms with Gasteiger partial charge in [-0.25, -0.2) is 5.43 Å². The lowest BCUT2D eigenvalue weighted by molar-refractivity contribution is -0.123. The number of hydrogen-bond acceptors (Lipinski definition) is 6. The standard InChI is InChI=1S/C29H31ClN4O4/c1-2-37-27-11-6-20(14-31-32-28(35)19-38-25-9-7-24(30)8-10-25)12-23(27)18-33-15-21-13-22(17-33)26-4-3-5-29(36)34(26)16-21/h3-12,14,21-22H,2,13,15-19H2,1H3,(H,32,35)/b31-14-/t21-,22+/m1/s1. The molecule has 0 radical (unpaired) electrons. The lowest BCUT2D eigenvalue weighted by Crippen LogP contribution is -2.46. The Bertz CT molecular complexity index is 1370. The topological polar surface area (TPSA) is 85.2 Å². The average Bonchev–Trinajstić information content (AvgIpc) is 2.90. The Balaban J connectivity index is 1.22. The molecule has 1 saturated heterocycles. The van der Waals surface area contributed by atoms with Gasteiger partial charge in [0.05, 0.1) is 12.8 Å². The normalized spacial score (nSPS) is 18.7. The van der Waals surface area contributed by atoms with Gasteiger partial charge in [0.15, 0.2) is 6.61 Å². The molecule has 8 nitrogen and oxygen atoms in total. The summed E-state index contributed by atoms with van der Waals surface area (Å²) in [5, 5.41) is 4.70. The summed E-state index contributed by atoms with van der Waals surface area (Å²) in [4.78, 5) is 26.9. The summed E-state index contributed by atoms with van der Waals surface area (Å²) in [7, 11) is 0. The van der Waals surface area contributed by atoms with Crippen LogP contribution in [0.4, 0.5) is 0 Å². The fourth-order valence-electron chi connectivity index (χ4n) is 5.36. The van der Waals surface area contributed by atoms with Gasteiger partial charge >= 0.3 is 0 Å². The number of halogens is 1. The van der Waals surface area contributed by atoms with Crippen molar-refractivity contribution in [2.75, 3.05) is 26.3 Å². The number of hydrogen-bond donors (Lipinski definition) is 1. The smallest absolute Gasteiger partial charge is 0.277 e. The van der Waals surface area contributed by atoms with Crippen molar-refractivity contribution in [3.8, 4) is 11.5 Å². The zero-order chi connectivity index (χ0) is 26.5. The largest absolute Gasteiger partial charge is 0.494 e. The number of fused-ring (bicyclic) bond motifs is 4. The predicted octanol–water partition coefficient (Wildman–Crippen LogP) is 4.05. The van der Waals surface area contributed by atoms with Crippen LogP contribution in [0, 0.1) is 5.92 Å². The van der Waals surface area contributed by atoms with Crippen molar-refractivity contribution in [2.24, 2.45) is 11.0 Å². The number of aromatic nitrogens is 1. The number of likely N-dealkylation sites (tertiary alicyclic amines) is 1. The van der Waals surface area contributed by atoms with Gasteiger partial charge in [-0.3, -0.25) is 14.5 Å². The number of hydrazone groups is 1. The number of benzene rings is 2. The molecule has 198 valence electrons. The van der Waals surface area contributed by atoms with Crippen molar-refractivity contribution >= 4 is 23.7 Å². The minimum atomic E-state index is -0.360. The van der Waals surface area contributed by atoms with Crippen LogP contribution in [0.3, 0.4) is 0 Å². The highest BCUT2D eigenvalue weighted by Crippen LogP contribution is 2.36. The van der Waals surface area contributed by atoms with Crippen molar-refractivity contribution in [3.05, 3.63) is 92.9 Å². The molecule has 1 N–H and O–H groups in total. The van der Waals surface area contributed by atoms with Gasteiger partial charge in [0.2, 0.25) is 0 Å². The van der Waals surface area contributed by atoms with E-state index in [0.29, 0.717) is 29.2 Å². The molecule has 0 aliphatic carbocycles. The quantitative estimate of drug-likeness (QED) is 0.331. The van der Waals surface area contributed by atoms with Crippen molar-refractivity contribution in [1.29, 1.82) is 0 Å². The summed E-state index contributed by atoms with van der Waals surface area (Å²) in [6, 6.07) is 18.3. The Morgan fingerprint density at radius 1 is 1.11 bits per heavy atom. The first-order chi connectivity index (χ1) is 18.5. The number of rotatable bonds is 9. The number of ether oxygens (including phenoxy) is 2. The van der Waals surface area contributed by atoms with E-state index in [2.05, 4.69) is 21.5 Å². The van der Waals surface area contributed by atoms with Gasteiger partial charge in [-0.15, -0.1) is 0 Å². The van der Waals surface area contributed by atoms with Crippen LogP contribution in [-0.4, -0.2) is 47.9 Å². The minimum absolute atomic E-state index is 0.0971. The lowest BCUT2D eigenvalue weighted by Gasteiger charge is -2.43. The number of nitrogens with zero attached hydrogens (tertiary/aromatic N) is 3. The maximum absolute atomic E-state index is 12.3. The van der Waals surface area contributed by atoms with Gasteiger partial charge in [0, 0.05) is 54.4 Å². The molecule has 2 aromatic carbocycles. The highest BCUT2D eigenvalue weighted by molar-refractivity contribution is 6.30. The fraction of sp³-hybridized carbons (Fsp3) is 0.345. The highest BCUT2D eigenvalue weighted by Gasteiger charge is 2.34. The van der Waals surface area contributed by atoms with E-state index in [-0.39, 0.29) is 18.1 Å². The molecule has 2 aliphatic rings. The molecule has 0 saturated carbocycles. The Labute approximate surface area is 226 Å². The first-order valence-electron chi connectivity index (χ1n) is 12.9. The summed E-state index contributed by atoms with van der Waals surface area (Å²) in [5.74, 6) is 1.84. The number of carbonyl (C=O) groups excluding carboxylic acids is 1. The van der Waals surface area contributed by atoms with Crippen molar-refractivity contribution in [1.82, 2.24) is 14.9 Å². The number of carbonyl (C=O) groups is 1. The van der Waals surface area contributed by atoms with Crippen LogP contribution in [-0.2, 0) is 17.9 Å². The fourth-order valence-corrected chi connectivity index (χ4v) is 5.48. The van der Waals surface area contributed by atoms with Crippen LogP contribution in [0.25, 0.3) is 0 Å². The second-order valence-electron chi connectivity index (χ2n) is 9.73. The monoisotopic (exact) mass is 534 g/mol. The molecule has 38 heavy (non-hydrogen) atoms. The summed E-state index contributed by atoms with van der Waals surface area (Å²) < 4.78 is 13.3. The Kier molecular flexibility index (Phi) is 8.10. The Hall–Kier alpha value is -3.62. The summed E-state index contributed by atoms with van der Waals surface area (Å²) in [6.45, 7) is 5.74. The van der Waals surface area contributed by atoms with E-state index in [1.807, 2.05) is 35.8 Å². The second kappa shape index (κ2) is 11.8. The van der Waals surface area contributed by atoms with Crippen LogP contribution in [0.2, 0.25) is 5.02 Å². The molecule has 0 unspecified atom stereocenters. The Morgan fingerprint density at radius 3 is 2.76 bits per heavy atom. The van der Waals surface area contributed by atoms with Crippen LogP contribution < -0.4 is 20.5 Å². The summed E-state index contributed by atoms with van der Waals surface area (Å²) in [5.41, 5.74) is 5.67. The summed E-state index contributed by atoms with van der Waals surface area (Å²) in [6.07, 6.45) is 2.74. The molecule has 1 amide bonds. The average molecular weight is 535 g/mol. The van der Waals surface area contributed by atoms with E-state index in [1.165, 1.54) is 0 Å². The zero-order valence-corrected chi connectivity index (χ0v) is 22.1. The van der Waals surface area contributed by atoms with E-state index >= 15 is 0 Å². The molecule has 2 aliphatic heterocycles. The summed E-state index contributed by atoms with van der Waals surface area (Å²) >= 11 is 5.86. The van der Waals surface area contributed by atoms with Crippen LogP contribution >= 0.6 is 11.6 Å². The third-order valence-electron chi connectivity index (χ3n) is 6.92. The first-order valence-corrected chi connectivity index (χ1v) is 13.2. The van der Waals surface area contributed by atoms with Crippen LogP contribution in [0.5, 0.6) is 11.5 Å². The van der Waals surface area contributed by atoms with E-state index in [1.54, 1.807) is 36.5 Å². The van der Waals surface area contributed by atoms with Crippen LogP contribution in [0.15, 0.2) is 70.6 Å². The molecule has 9 heteroatoms. The molecule has 2 atom stereocenters. The molecule has 0 spiro atoms. The van der Waals surface area contributed by atoms with Gasteiger partial charge in [-0.05, 0) is 73.4 Å². The SMILES string of the molecule is CCOc1ccc(/C=N\NC(=O)COc2ccc(Cl)cc2)cc1CN1C[C@H]2C[C@@H](C1)c1cccc(=O)n1C2. The number of piperidine rings is 1. The second-order valence-corrected chi connectivity index (χ2v) is 10.2. The molecular formula is C29H31ClN4O4. The third-order valence-corrected chi connectivity index (χ3v) is 7.17. The van der Waals surface area contributed by atoms with Gasteiger partial charge in [0.1, 0.15) is 11.5 Å². The van der Waals surface area contributed by atoms with Crippen molar-refractivity contribution in [3.63, 3.8) is 0 Å². The van der Waals surface area contributed by atoms with E-state index in [4.69, 9.17) is 21.1 Å². The minimum Gasteiger partial charge on any atom is -0.494 e. The van der Waals surface area contributed by atoms with E-state index < -0.39 is 0 Å². The number of pyridine rings is 1. The van der Waals surface area contributed by atoms with Gasteiger partial charge in [-0.1, -0.05) is 17.7 Å². The Morgan fingerprint density at radius 2 is 1.95 bits per heavy atom. The molecule has 3 heterocycles.